The summed E-state index contributed by atoms with van der Waals surface area (Å²) in [4.78, 5) is 22.8. The van der Waals surface area contributed by atoms with Gasteiger partial charge in [-0.1, -0.05) is 0 Å². The Morgan fingerprint density at radius 2 is 2.13 bits per heavy atom. The highest BCUT2D eigenvalue weighted by Crippen LogP contribution is 2.32. The molecule has 1 aromatic heterocycles. The highest BCUT2D eigenvalue weighted by molar-refractivity contribution is 9.13. The van der Waals surface area contributed by atoms with E-state index in [1.54, 1.807) is 6.07 Å². The van der Waals surface area contributed by atoms with Gasteiger partial charge in [-0.05, 0) is 44.8 Å². The lowest BCUT2D eigenvalue weighted by Crippen LogP contribution is -2.41. The van der Waals surface area contributed by atoms with E-state index in [0.29, 0.717) is 4.88 Å². The molecule has 7 heteroatoms. The summed E-state index contributed by atoms with van der Waals surface area (Å²) in [5.74, 6) is -0.865. The lowest BCUT2D eigenvalue weighted by atomic mass is 10.3. The Bertz CT molecular complexity index is 386. The lowest BCUT2D eigenvalue weighted by Gasteiger charge is -2.08. The van der Waals surface area contributed by atoms with Crippen molar-refractivity contribution in [2.45, 2.75) is 13.0 Å². The summed E-state index contributed by atoms with van der Waals surface area (Å²) in [7, 11) is 0. The van der Waals surface area contributed by atoms with Crippen LogP contribution in [0.2, 0.25) is 0 Å². The average Bonchev–Trinajstić information content (AvgIpc) is 2.46. The van der Waals surface area contributed by atoms with Crippen molar-refractivity contribution in [3.05, 3.63) is 19.2 Å². The molecule has 0 spiro atoms. The van der Waals surface area contributed by atoms with Gasteiger partial charge in [0.2, 0.25) is 5.91 Å². The highest BCUT2D eigenvalue weighted by atomic mass is 79.9. The van der Waals surface area contributed by atoms with Gasteiger partial charge in [-0.15, -0.1) is 11.3 Å². The fourth-order valence-corrected chi connectivity index (χ4v) is 2.74. The number of hydrogen-bond acceptors (Lipinski definition) is 3. The fourth-order valence-electron chi connectivity index (χ4n) is 0.797. The molecule has 0 fully saturated rings. The molecule has 2 amide bonds. The van der Waals surface area contributed by atoms with E-state index in [0.717, 1.165) is 8.26 Å². The quantitative estimate of drug-likeness (QED) is 0.868. The Morgan fingerprint density at radius 3 is 2.53 bits per heavy atom. The standard InChI is InChI=1S/C8H8Br2N2O2S/c1-3(7(11)13)12-8(14)5-2-4(9)6(10)15-5/h2-3H,1H3,(H2,11,13)(H,12,14). The predicted octanol–water partition coefficient (Wildman–Crippen LogP) is 1.88. The number of amides is 2. The molecule has 15 heavy (non-hydrogen) atoms. The van der Waals surface area contributed by atoms with Crippen molar-refractivity contribution in [2.24, 2.45) is 5.73 Å². The summed E-state index contributed by atoms with van der Waals surface area (Å²) >= 11 is 7.83. The van der Waals surface area contributed by atoms with E-state index in [1.807, 2.05) is 0 Å². The highest BCUT2D eigenvalue weighted by Gasteiger charge is 2.16. The third kappa shape index (κ3) is 3.29. The maximum absolute atomic E-state index is 11.6. The second-order valence-electron chi connectivity index (χ2n) is 2.83. The van der Waals surface area contributed by atoms with Crippen LogP contribution in [0.25, 0.3) is 0 Å². The van der Waals surface area contributed by atoms with E-state index in [1.165, 1.54) is 18.3 Å². The van der Waals surface area contributed by atoms with Gasteiger partial charge >= 0.3 is 0 Å². The first-order valence-corrected chi connectivity index (χ1v) is 6.37. The SMILES string of the molecule is CC(NC(=O)c1cc(Br)c(Br)s1)C(N)=O. The largest absolute Gasteiger partial charge is 0.368 e. The van der Waals surface area contributed by atoms with Crippen LogP contribution in [0.15, 0.2) is 14.3 Å². The molecule has 4 nitrogen and oxygen atoms in total. The number of halogens is 2. The summed E-state index contributed by atoms with van der Waals surface area (Å²) < 4.78 is 1.64. The minimum absolute atomic E-state index is 0.308. The average molecular weight is 356 g/mol. The molecule has 0 bridgehead atoms. The zero-order valence-electron chi connectivity index (χ0n) is 7.71. The Labute approximate surface area is 107 Å². The van der Waals surface area contributed by atoms with Gasteiger partial charge in [-0.25, -0.2) is 0 Å². The Balaban J connectivity index is 2.73. The molecular formula is C8H8Br2N2O2S. The van der Waals surface area contributed by atoms with Gasteiger partial charge in [-0.2, -0.15) is 0 Å². The van der Waals surface area contributed by atoms with Gasteiger partial charge in [0, 0.05) is 4.47 Å². The molecular weight excluding hydrogens is 348 g/mol. The molecule has 0 aliphatic heterocycles. The van der Waals surface area contributed by atoms with Crippen molar-refractivity contribution in [1.29, 1.82) is 0 Å². The first kappa shape index (κ1) is 12.7. The normalized spacial score (nSPS) is 12.2. The minimum atomic E-state index is -0.669. The molecule has 0 aliphatic rings. The second-order valence-corrected chi connectivity index (χ2v) is 6.05. The van der Waals surface area contributed by atoms with Gasteiger partial charge in [0.25, 0.3) is 5.91 Å². The van der Waals surface area contributed by atoms with Crippen molar-refractivity contribution in [3.63, 3.8) is 0 Å². The number of nitrogens with one attached hydrogen (secondary N) is 1. The van der Waals surface area contributed by atoms with Gasteiger partial charge in [0.1, 0.15) is 6.04 Å². The van der Waals surface area contributed by atoms with Crippen LogP contribution < -0.4 is 11.1 Å². The molecule has 3 N–H and O–H groups in total. The van der Waals surface area contributed by atoms with Crippen LogP contribution in [0.3, 0.4) is 0 Å². The van der Waals surface area contributed by atoms with Crippen molar-refractivity contribution in [2.75, 3.05) is 0 Å². The van der Waals surface area contributed by atoms with Crippen LogP contribution in [0.5, 0.6) is 0 Å². The second kappa shape index (κ2) is 5.09. The molecule has 0 aliphatic carbocycles. The number of carbonyl (C=O) groups is 2. The van der Waals surface area contributed by atoms with Gasteiger partial charge in [0.05, 0.1) is 8.66 Å². The Morgan fingerprint density at radius 1 is 1.53 bits per heavy atom. The molecule has 1 rings (SSSR count). The molecule has 0 radical (unpaired) electrons. The molecule has 1 atom stereocenters. The number of primary amides is 1. The third-order valence-corrected chi connectivity index (χ3v) is 4.90. The van der Waals surface area contributed by atoms with Gasteiger partial charge in [0.15, 0.2) is 0 Å². The Kier molecular flexibility index (Phi) is 4.30. The van der Waals surface area contributed by atoms with Gasteiger partial charge < -0.3 is 11.1 Å². The topological polar surface area (TPSA) is 72.2 Å². The number of nitrogens with two attached hydrogens (primary N) is 1. The van der Waals surface area contributed by atoms with Crippen molar-refractivity contribution >= 4 is 55.0 Å². The maximum Gasteiger partial charge on any atom is 0.262 e. The monoisotopic (exact) mass is 354 g/mol. The molecule has 1 aromatic rings. The minimum Gasteiger partial charge on any atom is -0.368 e. The van der Waals surface area contributed by atoms with Crippen LogP contribution in [-0.2, 0) is 4.79 Å². The number of hydrogen-bond donors (Lipinski definition) is 2. The van der Waals surface area contributed by atoms with E-state index < -0.39 is 11.9 Å². The van der Waals surface area contributed by atoms with Crippen LogP contribution in [0.1, 0.15) is 16.6 Å². The fraction of sp³-hybridized carbons (Fsp3) is 0.250. The number of rotatable bonds is 3. The van der Waals surface area contributed by atoms with Crippen molar-refractivity contribution < 1.29 is 9.59 Å². The van der Waals surface area contributed by atoms with E-state index in [4.69, 9.17) is 5.73 Å². The number of carbonyl (C=O) groups excluding carboxylic acids is 2. The maximum atomic E-state index is 11.6. The van der Waals surface area contributed by atoms with Crippen LogP contribution in [0, 0.1) is 0 Å². The smallest absolute Gasteiger partial charge is 0.262 e. The Hall–Kier alpha value is -0.400. The van der Waals surface area contributed by atoms with E-state index in [9.17, 15) is 9.59 Å². The lowest BCUT2D eigenvalue weighted by molar-refractivity contribution is -0.119. The summed E-state index contributed by atoms with van der Waals surface area (Å²) in [5, 5.41) is 2.49. The van der Waals surface area contributed by atoms with Crippen LogP contribution in [0.4, 0.5) is 0 Å². The predicted molar refractivity (Wildman–Crippen MR) is 65.8 cm³/mol. The van der Waals surface area contributed by atoms with Crippen LogP contribution >= 0.6 is 43.2 Å². The number of thiophene rings is 1. The molecule has 0 saturated heterocycles. The zero-order chi connectivity index (χ0) is 11.6. The van der Waals surface area contributed by atoms with E-state index in [2.05, 4.69) is 37.2 Å². The summed E-state index contributed by atoms with van der Waals surface area (Å²) in [6.45, 7) is 1.54. The first-order valence-electron chi connectivity index (χ1n) is 3.97. The summed E-state index contributed by atoms with van der Waals surface area (Å²) in [5.41, 5.74) is 5.03. The first-order chi connectivity index (χ1) is 6.91. The molecule has 0 aromatic carbocycles. The van der Waals surface area contributed by atoms with E-state index >= 15 is 0 Å². The third-order valence-electron chi connectivity index (χ3n) is 1.64. The van der Waals surface area contributed by atoms with Crippen molar-refractivity contribution in [1.82, 2.24) is 5.32 Å². The molecule has 1 unspecified atom stereocenters. The molecule has 82 valence electrons. The van der Waals surface area contributed by atoms with Gasteiger partial charge in [-0.3, -0.25) is 9.59 Å². The van der Waals surface area contributed by atoms with Crippen molar-refractivity contribution in [3.8, 4) is 0 Å². The van der Waals surface area contributed by atoms with Crippen LogP contribution in [-0.4, -0.2) is 17.9 Å². The summed E-state index contributed by atoms with van der Waals surface area (Å²) in [6, 6.07) is 1.01. The zero-order valence-corrected chi connectivity index (χ0v) is 11.7. The molecule has 0 saturated carbocycles. The van der Waals surface area contributed by atoms with E-state index in [-0.39, 0.29) is 5.91 Å². The molecule has 1 heterocycles. The summed E-state index contributed by atoms with van der Waals surface area (Å²) in [6.07, 6.45) is 0.